The Morgan fingerprint density at radius 2 is 2.29 bits per heavy atom. The summed E-state index contributed by atoms with van der Waals surface area (Å²) in [5, 5.41) is 4.23. The Morgan fingerprint density at radius 1 is 1.59 bits per heavy atom. The highest BCUT2D eigenvalue weighted by Crippen LogP contribution is 2.37. The van der Waals surface area contributed by atoms with E-state index in [0.29, 0.717) is 8.67 Å². The Balaban J connectivity index is 2.46. The lowest BCUT2D eigenvalue weighted by atomic mass is 10.1. The van der Waals surface area contributed by atoms with Crippen LogP contribution in [0.25, 0.3) is 0 Å². The Kier molecular flexibility index (Phi) is 4.15. The van der Waals surface area contributed by atoms with Gasteiger partial charge in [0.05, 0.1) is 31.1 Å². The molecule has 2 aromatic rings. The summed E-state index contributed by atoms with van der Waals surface area (Å²) in [6.07, 6.45) is 1.74. The fourth-order valence-corrected chi connectivity index (χ4v) is 3.74. The number of hydrogen-bond donors (Lipinski definition) is 1. The third-order valence-electron chi connectivity index (χ3n) is 2.45. The molecule has 0 aliphatic heterocycles. The highest BCUT2D eigenvalue weighted by molar-refractivity contribution is 9.10. The van der Waals surface area contributed by atoms with Gasteiger partial charge in [0.25, 0.3) is 0 Å². The number of thiophene rings is 1. The molecule has 17 heavy (non-hydrogen) atoms. The lowest BCUT2D eigenvalue weighted by Gasteiger charge is -2.13. The number of hydrogen-bond acceptors (Lipinski definition) is 3. The molecule has 3 nitrogen and oxygen atoms in total. The third kappa shape index (κ3) is 2.53. The van der Waals surface area contributed by atoms with Crippen LogP contribution in [-0.4, -0.2) is 9.78 Å². The second kappa shape index (κ2) is 5.28. The highest BCUT2D eigenvalue weighted by atomic mass is 79.9. The number of rotatable bonds is 3. The smallest absolute Gasteiger partial charge is 0.0995 e. The molecule has 7 heteroatoms. The molecule has 2 N–H and O–H groups in total. The first-order chi connectivity index (χ1) is 8.04. The minimum Gasteiger partial charge on any atom is -0.319 e. The van der Waals surface area contributed by atoms with Gasteiger partial charge in [0.2, 0.25) is 0 Å². The number of halogens is 3. The SMILES string of the molecule is CCn1ncc(Br)c1C(N)c1cc(Cl)sc1Cl. The molecule has 0 saturated carbocycles. The van der Waals surface area contributed by atoms with E-state index in [-0.39, 0.29) is 6.04 Å². The van der Waals surface area contributed by atoms with Crippen LogP contribution >= 0.6 is 50.5 Å². The van der Waals surface area contributed by atoms with E-state index >= 15 is 0 Å². The molecule has 92 valence electrons. The highest BCUT2D eigenvalue weighted by Gasteiger charge is 2.21. The number of aromatic nitrogens is 2. The van der Waals surface area contributed by atoms with E-state index in [1.165, 1.54) is 11.3 Å². The summed E-state index contributed by atoms with van der Waals surface area (Å²) in [5.41, 5.74) is 7.96. The molecular formula is C10H10BrCl2N3S. The van der Waals surface area contributed by atoms with Crippen molar-refractivity contribution in [2.45, 2.75) is 19.5 Å². The molecule has 0 aliphatic rings. The van der Waals surface area contributed by atoms with E-state index < -0.39 is 0 Å². The van der Waals surface area contributed by atoms with Crippen LogP contribution in [-0.2, 0) is 6.54 Å². The van der Waals surface area contributed by atoms with Crippen LogP contribution in [0.1, 0.15) is 24.2 Å². The molecular weight excluding hydrogens is 345 g/mol. The standard InChI is InChI=1S/C10H10BrCl2N3S/c1-2-16-9(6(11)4-15-16)8(14)5-3-7(12)17-10(5)13/h3-4,8H,2,14H2,1H3. The van der Waals surface area contributed by atoms with Crippen molar-refractivity contribution in [1.82, 2.24) is 9.78 Å². The summed E-state index contributed by atoms with van der Waals surface area (Å²) in [7, 11) is 0. The average molecular weight is 355 g/mol. The van der Waals surface area contributed by atoms with Gasteiger partial charge in [-0.2, -0.15) is 5.10 Å². The molecule has 2 aromatic heterocycles. The van der Waals surface area contributed by atoms with E-state index in [9.17, 15) is 0 Å². The number of aryl methyl sites for hydroxylation is 1. The van der Waals surface area contributed by atoms with E-state index in [4.69, 9.17) is 28.9 Å². The summed E-state index contributed by atoms with van der Waals surface area (Å²) >= 11 is 16.8. The van der Waals surface area contributed by atoms with Crippen LogP contribution in [0.3, 0.4) is 0 Å². The van der Waals surface area contributed by atoms with E-state index in [1.54, 1.807) is 12.3 Å². The molecule has 2 rings (SSSR count). The summed E-state index contributed by atoms with van der Waals surface area (Å²) in [6, 6.07) is 1.47. The second-order valence-electron chi connectivity index (χ2n) is 3.45. The summed E-state index contributed by atoms with van der Waals surface area (Å²) in [6.45, 7) is 2.77. The molecule has 0 aliphatic carbocycles. The van der Waals surface area contributed by atoms with Crippen LogP contribution in [0, 0.1) is 0 Å². The normalized spacial score (nSPS) is 13.0. The van der Waals surface area contributed by atoms with Crippen molar-refractivity contribution in [3.8, 4) is 0 Å². The van der Waals surface area contributed by atoms with Crippen molar-refractivity contribution in [3.05, 3.63) is 36.7 Å². The van der Waals surface area contributed by atoms with Gasteiger partial charge in [-0.3, -0.25) is 4.68 Å². The first-order valence-electron chi connectivity index (χ1n) is 4.96. The van der Waals surface area contributed by atoms with Gasteiger partial charge in [0.15, 0.2) is 0 Å². The Bertz CT molecular complexity index is 538. The molecule has 0 fully saturated rings. The van der Waals surface area contributed by atoms with Crippen molar-refractivity contribution in [1.29, 1.82) is 0 Å². The number of nitrogens with zero attached hydrogens (tertiary/aromatic N) is 2. The third-order valence-corrected chi connectivity index (χ3v) is 4.57. The Hall–Kier alpha value is -0.0700. The second-order valence-corrected chi connectivity index (χ2v) is 6.59. The zero-order valence-electron chi connectivity index (χ0n) is 8.95. The van der Waals surface area contributed by atoms with E-state index in [1.807, 2.05) is 11.6 Å². The summed E-state index contributed by atoms with van der Waals surface area (Å²) in [4.78, 5) is 0. The maximum atomic E-state index is 6.22. The van der Waals surface area contributed by atoms with Gasteiger partial charge in [0, 0.05) is 12.1 Å². The average Bonchev–Trinajstić information content (AvgIpc) is 2.80. The lowest BCUT2D eigenvalue weighted by Crippen LogP contribution is -2.17. The molecule has 0 saturated heterocycles. The minimum atomic E-state index is -0.330. The molecule has 1 unspecified atom stereocenters. The number of nitrogens with two attached hydrogens (primary N) is 1. The largest absolute Gasteiger partial charge is 0.319 e. The quantitative estimate of drug-likeness (QED) is 0.902. The molecule has 0 spiro atoms. The van der Waals surface area contributed by atoms with Crippen molar-refractivity contribution in [2.75, 3.05) is 0 Å². The molecule has 0 amide bonds. The zero-order chi connectivity index (χ0) is 12.6. The van der Waals surface area contributed by atoms with Crippen molar-refractivity contribution in [2.24, 2.45) is 5.73 Å². The van der Waals surface area contributed by atoms with Gasteiger partial charge >= 0.3 is 0 Å². The first-order valence-corrected chi connectivity index (χ1v) is 7.32. The van der Waals surface area contributed by atoms with Gasteiger partial charge in [-0.05, 0) is 28.9 Å². The van der Waals surface area contributed by atoms with Gasteiger partial charge < -0.3 is 5.73 Å². The van der Waals surface area contributed by atoms with Gasteiger partial charge in [0.1, 0.15) is 0 Å². The van der Waals surface area contributed by atoms with Crippen LogP contribution in [0.4, 0.5) is 0 Å². The molecule has 0 aromatic carbocycles. The molecule has 0 radical (unpaired) electrons. The van der Waals surface area contributed by atoms with Crippen LogP contribution in [0.2, 0.25) is 8.67 Å². The fourth-order valence-electron chi connectivity index (χ4n) is 1.65. The maximum Gasteiger partial charge on any atom is 0.0995 e. The Morgan fingerprint density at radius 3 is 2.82 bits per heavy atom. The molecule has 2 heterocycles. The predicted molar refractivity (Wildman–Crippen MR) is 76.0 cm³/mol. The van der Waals surface area contributed by atoms with Crippen LogP contribution in [0.5, 0.6) is 0 Å². The van der Waals surface area contributed by atoms with Gasteiger partial charge in [-0.1, -0.05) is 23.2 Å². The summed E-state index contributed by atoms with van der Waals surface area (Å²) in [5.74, 6) is 0. The maximum absolute atomic E-state index is 6.22. The predicted octanol–water partition coefficient (Wildman–Crippen LogP) is 4.08. The fraction of sp³-hybridized carbons (Fsp3) is 0.300. The van der Waals surface area contributed by atoms with Crippen molar-refractivity contribution < 1.29 is 0 Å². The van der Waals surface area contributed by atoms with E-state index in [0.717, 1.165) is 22.3 Å². The first kappa shape index (κ1) is 13.4. The monoisotopic (exact) mass is 353 g/mol. The zero-order valence-corrected chi connectivity index (χ0v) is 12.9. The van der Waals surface area contributed by atoms with E-state index in [2.05, 4.69) is 21.0 Å². The summed E-state index contributed by atoms with van der Waals surface area (Å²) < 4.78 is 3.99. The lowest BCUT2D eigenvalue weighted by molar-refractivity contribution is 0.600. The van der Waals surface area contributed by atoms with Crippen molar-refractivity contribution >= 4 is 50.5 Å². The van der Waals surface area contributed by atoms with Crippen molar-refractivity contribution in [3.63, 3.8) is 0 Å². The topological polar surface area (TPSA) is 43.8 Å². The molecule has 0 bridgehead atoms. The Labute approximate surface area is 122 Å². The molecule has 1 atom stereocenters. The minimum absolute atomic E-state index is 0.330. The van der Waals surface area contributed by atoms with Crippen LogP contribution < -0.4 is 5.73 Å². The van der Waals surface area contributed by atoms with Gasteiger partial charge in [-0.15, -0.1) is 11.3 Å². The van der Waals surface area contributed by atoms with Gasteiger partial charge in [-0.25, -0.2) is 0 Å². The van der Waals surface area contributed by atoms with Crippen LogP contribution in [0.15, 0.2) is 16.7 Å².